The Balaban J connectivity index is 2.07. The molecule has 0 aromatic heterocycles. The van der Waals surface area contributed by atoms with Crippen molar-refractivity contribution in [2.75, 3.05) is 6.54 Å². The van der Waals surface area contributed by atoms with Gasteiger partial charge in [-0.1, -0.05) is 30.3 Å². The van der Waals surface area contributed by atoms with Gasteiger partial charge in [-0.15, -0.1) is 0 Å². The lowest BCUT2D eigenvalue weighted by molar-refractivity contribution is -0.132. The Labute approximate surface area is 89.5 Å². The number of benzene rings is 1. The predicted molar refractivity (Wildman–Crippen MR) is 59.1 cm³/mol. The van der Waals surface area contributed by atoms with E-state index in [0.29, 0.717) is 12.5 Å². The molecule has 0 aliphatic heterocycles. The fourth-order valence-corrected chi connectivity index (χ4v) is 2.31. The summed E-state index contributed by atoms with van der Waals surface area (Å²) in [4.78, 5) is 11.3. The second kappa shape index (κ2) is 3.66. The molecule has 0 radical (unpaired) electrons. The number of carbonyl (C=O) groups excluding carboxylic acids is 1. The molecular weight excluding hydrogens is 188 g/mol. The number of hydrogen-bond donors (Lipinski definition) is 2. The highest BCUT2D eigenvalue weighted by Gasteiger charge is 2.48. The molecule has 0 saturated heterocycles. The Morgan fingerprint density at radius 1 is 1.33 bits per heavy atom. The summed E-state index contributed by atoms with van der Waals surface area (Å²) in [7, 11) is 0. The Bertz CT molecular complexity index is 355. The van der Waals surface area contributed by atoms with E-state index in [2.05, 4.69) is 12.1 Å². The normalized spacial score (nSPS) is 29.5. The zero-order valence-corrected chi connectivity index (χ0v) is 8.65. The van der Waals surface area contributed by atoms with Gasteiger partial charge in [-0.25, -0.2) is 0 Å². The molecule has 2 rings (SSSR count). The van der Waals surface area contributed by atoms with Crippen LogP contribution in [0.15, 0.2) is 30.3 Å². The van der Waals surface area contributed by atoms with Gasteiger partial charge in [0.15, 0.2) is 0 Å². The summed E-state index contributed by atoms with van der Waals surface area (Å²) in [5.41, 5.74) is 11.8. The van der Waals surface area contributed by atoms with Crippen LogP contribution in [0.1, 0.15) is 24.3 Å². The molecule has 15 heavy (non-hydrogen) atoms. The molecular formula is C12H16N2O. The number of carbonyl (C=O) groups is 1. The quantitative estimate of drug-likeness (QED) is 0.771. The van der Waals surface area contributed by atoms with Crippen molar-refractivity contribution in [3.05, 3.63) is 35.9 Å². The van der Waals surface area contributed by atoms with Crippen LogP contribution in [0.4, 0.5) is 0 Å². The molecule has 0 spiro atoms. The first kappa shape index (κ1) is 10.2. The number of nitrogens with two attached hydrogens (primary N) is 2. The van der Waals surface area contributed by atoms with Crippen LogP contribution < -0.4 is 11.5 Å². The first-order chi connectivity index (χ1) is 7.18. The minimum atomic E-state index is -0.444. The molecule has 1 saturated carbocycles. The van der Waals surface area contributed by atoms with E-state index in [4.69, 9.17) is 11.5 Å². The lowest BCUT2D eigenvalue weighted by Crippen LogP contribution is -2.51. The molecule has 80 valence electrons. The van der Waals surface area contributed by atoms with Crippen LogP contribution >= 0.6 is 0 Å². The molecule has 0 heterocycles. The summed E-state index contributed by atoms with van der Waals surface area (Å²) < 4.78 is 0. The van der Waals surface area contributed by atoms with Crippen molar-refractivity contribution in [2.24, 2.45) is 16.9 Å². The molecule has 1 aliphatic rings. The summed E-state index contributed by atoms with van der Waals surface area (Å²) in [6.45, 7) is 0.367. The van der Waals surface area contributed by atoms with Crippen LogP contribution in [-0.4, -0.2) is 12.5 Å². The molecule has 1 amide bonds. The van der Waals surface area contributed by atoms with Crippen LogP contribution in [0, 0.1) is 5.41 Å². The van der Waals surface area contributed by atoms with E-state index in [0.717, 1.165) is 12.8 Å². The first-order valence-corrected chi connectivity index (χ1v) is 5.23. The zero-order chi connectivity index (χ0) is 10.9. The van der Waals surface area contributed by atoms with Gasteiger partial charge in [0, 0.05) is 6.54 Å². The average Bonchev–Trinajstić information content (AvgIpc) is 2.18. The standard InChI is InChI=1S/C12H16N2O/c13-8-12(11(14)15)6-10(7-12)9-4-2-1-3-5-9/h1-5,10H,6-8,13H2,(H2,14,15). The highest BCUT2D eigenvalue weighted by molar-refractivity contribution is 5.82. The van der Waals surface area contributed by atoms with E-state index in [9.17, 15) is 4.79 Å². The maximum atomic E-state index is 11.3. The molecule has 0 atom stereocenters. The van der Waals surface area contributed by atoms with Crippen molar-refractivity contribution in [1.29, 1.82) is 0 Å². The topological polar surface area (TPSA) is 69.1 Å². The Hall–Kier alpha value is -1.35. The van der Waals surface area contributed by atoms with Crippen LogP contribution in [0.2, 0.25) is 0 Å². The number of primary amides is 1. The second-order valence-corrected chi connectivity index (χ2v) is 4.36. The van der Waals surface area contributed by atoms with Gasteiger partial charge in [0.25, 0.3) is 0 Å². The van der Waals surface area contributed by atoms with Crippen molar-refractivity contribution < 1.29 is 4.79 Å². The van der Waals surface area contributed by atoms with Gasteiger partial charge in [-0.2, -0.15) is 0 Å². The lowest BCUT2D eigenvalue weighted by Gasteiger charge is -2.44. The minimum Gasteiger partial charge on any atom is -0.369 e. The van der Waals surface area contributed by atoms with Gasteiger partial charge in [-0.3, -0.25) is 4.79 Å². The van der Waals surface area contributed by atoms with E-state index in [1.165, 1.54) is 5.56 Å². The molecule has 1 aromatic rings. The Morgan fingerprint density at radius 2 is 1.93 bits per heavy atom. The predicted octanol–water partition coefficient (Wildman–Crippen LogP) is 0.994. The fraction of sp³-hybridized carbons (Fsp3) is 0.417. The highest BCUT2D eigenvalue weighted by Crippen LogP contribution is 2.50. The van der Waals surface area contributed by atoms with Gasteiger partial charge in [0.1, 0.15) is 0 Å². The van der Waals surface area contributed by atoms with Gasteiger partial charge in [-0.05, 0) is 24.3 Å². The fourth-order valence-electron chi connectivity index (χ4n) is 2.31. The van der Waals surface area contributed by atoms with Gasteiger partial charge in [0.05, 0.1) is 5.41 Å². The van der Waals surface area contributed by atoms with Crippen LogP contribution in [-0.2, 0) is 4.79 Å². The largest absolute Gasteiger partial charge is 0.369 e. The van der Waals surface area contributed by atoms with E-state index in [-0.39, 0.29) is 5.91 Å². The van der Waals surface area contributed by atoms with Crippen molar-refractivity contribution in [3.8, 4) is 0 Å². The minimum absolute atomic E-state index is 0.253. The van der Waals surface area contributed by atoms with E-state index >= 15 is 0 Å². The van der Waals surface area contributed by atoms with Crippen molar-refractivity contribution in [2.45, 2.75) is 18.8 Å². The maximum Gasteiger partial charge on any atom is 0.224 e. The van der Waals surface area contributed by atoms with Crippen molar-refractivity contribution >= 4 is 5.91 Å². The summed E-state index contributed by atoms with van der Waals surface area (Å²) in [6.07, 6.45) is 1.59. The van der Waals surface area contributed by atoms with Crippen molar-refractivity contribution in [3.63, 3.8) is 0 Å². The summed E-state index contributed by atoms with van der Waals surface area (Å²) in [5, 5.41) is 0. The third kappa shape index (κ3) is 1.63. The summed E-state index contributed by atoms with van der Waals surface area (Å²) in [5.74, 6) is 0.194. The smallest absolute Gasteiger partial charge is 0.224 e. The number of rotatable bonds is 3. The number of amides is 1. The first-order valence-electron chi connectivity index (χ1n) is 5.23. The van der Waals surface area contributed by atoms with Gasteiger partial charge in [0.2, 0.25) is 5.91 Å². The number of hydrogen-bond acceptors (Lipinski definition) is 2. The molecule has 3 heteroatoms. The third-order valence-electron chi connectivity index (χ3n) is 3.46. The molecule has 1 aliphatic carbocycles. The molecule has 1 aromatic carbocycles. The van der Waals surface area contributed by atoms with Crippen LogP contribution in [0.25, 0.3) is 0 Å². The van der Waals surface area contributed by atoms with Gasteiger partial charge >= 0.3 is 0 Å². The lowest BCUT2D eigenvalue weighted by atomic mass is 9.59. The van der Waals surface area contributed by atoms with E-state index in [1.807, 2.05) is 18.2 Å². The van der Waals surface area contributed by atoms with Crippen LogP contribution in [0.3, 0.4) is 0 Å². The molecule has 3 nitrogen and oxygen atoms in total. The van der Waals surface area contributed by atoms with Gasteiger partial charge < -0.3 is 11.5 Å². The van der Waals surface area contributed by atoms with E-state index < -0.39 is 5.41 Å². The summed E-state index contributed by atoms with van der Waals surface area (Å²) >= 11 is 0. The maximum absolute atomic E-state index is 11.3. The second-order valence-electron chi connectivity index (χ2n) is 4.36. The third-order valence-corrected chi connectivity index (χ3v) is 3.46. The van der Waals surface area contributed by atoms with Crippen molar-refractivity contribution in [1.82, 2.24) is 0 Å². The van der Waals surface area contributed by atoms with E-state index in [1.54, 1.807) is 0 Å². The Morgan fingerprint density at radius 3 is 2.40 bits per heavy atom. The Kier molecular flexibility index (Phi) is 2.49. The molecule has 1 fully saturated rings. The molecule has 4 N–H and O–H groups in total. The highest BCUT2D eigenvalue weighted by atomic mass is 16.1. The molecule has 0 bridgehead atoms. The average molecular weight is 204 g/mol. The monoisotopic (exact) mass is 204 g/mol. The zero-order valence-electron chi connectivity index (χ0n) is 8.65. The molecule has 0 unspecified atom stereocenters. The SMILES string of the molecule is NCC1(C(N)=O)CC(c2ccccc2)C1. The van der Waals surface area contributed by atoms with Crippen LogP contribution in [0.5, 0.6) is 0 Å². The summed E-state index contributed by atoms with van der Waals surface area (Å²) in [6, 6.07) is 10.2.